The molecule has 0 aromatic carbocycles. The molecule has 3 N–H and O–H groups in total. The van der Waals surface area contributed by atoms with Crippen LogP contribution in [0.4, 0.5) is 4.79 Å². The highest BCUT2D eigenvalue weighted by Gasteiger charge is 2.30. The van der Waals surface area contributed by atoms with Gasteiger partial charge in [0, 0.05) is 6.54 Å². The summed E-state index contributed by atoms with van der Waals surface area (Å²) in [5.74, 6) is 0.00102. The number of urea groups is 1. The van der Waals surface area contributed by atoms with Crippen LogP contribution in [0, 0.1) is 17.8 Å². The van der Waals surface area contributed by atoms with E-state index in [4.69, 9.17) is 0 Å². The Hall–Kier alpha value is -1.26. The van der Waals surface area contributed by atoms with E-state index in [1.165, 1.54) is 6.42 Å². The van der Waals surface area contributed by atoms with Crippen molar-refractivity contribution in [2.75, 3.05) is 6.54 Å². The van der Waals surface area contributed by atoms with Crippen molar-refractivity contribution in [1.29, 1.82) is 0 Å². The second-order valence-corrected chi connectivity index (χ2v) is 6.29. The molecule has 0 bridgehead atoms. The van der Waals surface area contributed by atoms with E-state index in [1.807, 2.05) is 0 Å². The van der Waals surface area contributed by atoms with Crippen LogP contribution in [0.2, 0.25) is 0 Å². The van der Waals surface area contributed by atoms with Gasteiger partial charge >= 0.3 is 12.0 Å². The summed E-state index contributed by atoms with van der Waals surface area (Å²) in [5.41, 5.74) is 0. The number of carboxylic acids is 1. The minimum atomic E-state index is -0.927. The van der Waals surface area contributed by atoms with E-state index >= 15 is 0 Å². The van der Waals surface area contributed by atoms with Gasteiger partial charge < -0.3 is 15.7 Å². The molecule has 0 saturated heterocycles. The molecule has 1 rings (SSSR count). The van der Waals surface area contributed by atoms with Crippen LogP contribution in [0.3, 0.4) is 0 Å². The molecule has 5 heteroatoms. The van der Waals surface area contributed by atoms with Crippen molar-refractivity contribution in [1.82, 2.24) is 10.6 Å². The van der Waals surface area contributed by atoms with Crippen molar-refractivity contribution in [3.8, 4) is 0 Å². The Kier molecular flexibility index (Phi) is 6.82. The fourth-order valence-electron chi connectivity index (χ4n) is 2.53. The zero-order valence-electron chi connectivity index (χ0n) is 12.8. The first-order valence-electron chi connectivity index (χ1n) is 7.69. The molecule has 1 fully saturated rings. The minimum absolute atomic E-state index is 0.0644. The predicted molar refractivity (Wildman–Crippen MR) is 78.5 cm³/mol. The molecule has 0 radical (unpaired) electrons. The van der Waals surface area contributed by atoms with Crippen LogP contribution in [0.5, 0.6) is 0 Å². The molecule has 2 amide bonds. The van der Waals surface area contributed by atoms with Gasteiger partial charge in [-0.1, -0.05) is 40.0 Å². The summed E-state index contributed by atoms with van der Waals surface area (Å²) in [4.78, 5) is 23.2. The van der Waals surface area contributed by atoms with E-state index in [0.717, 1.165) is 25.7 Å². The highest BCUT2D eigenvalue weighted by atomic mass is 16.4. The van der Waals surface area contributed by atoms with Gasteiger partial charge in [-0.25, -0.2) is 9.59 Å². The van der Waals surface area contributed by atoms with Gasteiger partial charge in [-0.05, 0) is 30.6 Å². The maximum atomic E-state index is 11.8. The van der Waals surface area contributed by atoms with Crippen molar-refractivity contribution in [2.45, 2.75) is 58.9 Å². The summed E-state index contributed by atoms with van der Waals surface area (Å²) in [6.07, 6.45) is 5.06. The first-order valence-corrected chi connectivity index (χ1v) is 7.69. The number of carbonyl (C=O) groups excluding carboxylic acids is 1. The molecule has 0 spiro atoms. The minimum Gasteiger partial charge on any atom is -0.480 e. The lowest BCUT2D eigenvalue weighted by atomic mass is 9.84. The second kappa shape index (κ2) is 8.12. The van der Waals surface area contributed by atoms with Gasteiger partial charge in [0.05, 0.1) is 0 Å². The molecule has 1 saturated carbocycles. The van der Waals surface area contributed by atoms with Crippen molar-refractivity contribution in [2.24, 2.45) is 17.8 Å². The fourth-order valence-corrected chi connectivity index (χ4v) is 2.53. The molecule has 5 nitrogen and oxygen atoms in total. The third kappa shape index (κ3) is 5.39. The smallest absolute Gasteiger partial charge is 0.326 e. The fraction of sp³-hybridized carbons (Fsp3) is 0.867. The van der Waals surface area contributed by atoms with E-state index < -0.39 is 12.0 Å². The van der Waals surface area contributed by atoms with Crippen molar-refractivity contribution in [3.05, 3.63) is 0 Å². The van der Waals surface area contributed by atoms with Crippen LogP contribution in [-0.4, -0.2) is 29.7 Å². The summed E-state index contributed by atoms with van der Waals surface area (Å²) >= 11 is 0. The number of aliphatic carboxylic acids is 1. The third-order valence-electron chi connectivity index (χ3n) is 4.40. The second-order valence-electron chi connectivity index (χ2n) is 6.29. The van der Waals surface area contributed by atoms with Gasteiger partial charge in [-0.2, -0.15) is 0 Å². The number of carboxylic acid groups (broad SMARTS) is 1. The lowest BCUT2D eigenvalue weighted by molar-refractivity contribution is -0.141. The van der Waals surface area contributed by atoms with Crippen LogP contribution in [-0.2, 0) is 4.79 Å². The molecular weight excluding hydrogens is 256 g/mol. The van der Waals surface area contributed by atoms with Gasteiger partial charge in [0.2, 0.25) is 0 Å². The number of rotatable bonds is 6. The van der Waals surface area contributed by atoms with Crippen molar-refractivity contribution in [3.63, 3.8) is 0 Å². The molecule has 0 aliphatic heterocycles. The summed E-state index contributed by atoms with van der Waals surface area (Å²) in [7, 11) is 0. The largest absolute Gasteiger partial charge is 0.480 e. The van der Waals surface area contributed by atoms with Crippen LogP contribution in [0.1, 0.15) is 52.9 Å². The van der Waals surface area contributed by atoms with Crippen LogP contribution >= 0.6 is 0 Å². The average molecular weight is 284 g/mol. The average Bonchev–Trinajstić information content (AvgIpc) is 2.42. The molecule has 0 aromatic rings. The monoisotopic (exact) mass is 284 g/mol. The first kappa shape index (κ1) is 16.8. The molecule has 1 aliphatic rings. The van der Waals surface area contributed by atoms with Gasteiger partial charge in [-0.3, -0.25) is 0 Å². The molecule has 0 aromatic heterocycles. The first-order chi connectivity index (χ1) is 9.41. The Balaban J connectivity index is 2.44. The Labute approximate surface area is 121 Å². The highest BCUT2D eigenvalue weighted by Crippen LogP contribution is 2.26. The number of nitrogens with one attached hydrogen (secondary N) is 2. The summed E-state index contributed by atoms with van der Waals surface area (Å²) in [6.45, 7) is 6.85. The van der Waals surface area contributed by atoms with Gasteiger partial charge in [0.1, 0.15) is 6.04 Å². The standard InChI is InChI=1S/C15H28N2O3/c1-10(2)11(3)9-16-15(20)17-13(14(18)19)12-7-5-4-6-8-12/h10-13H,4-9H2,1-3H3,(H,18,19)(H2,16,17,20). The molecule has 2 unspecified atom stereocenters. The molecule has 1 aliphatic carbocycles. The van der Waals surface area contributed by atoms with E-state index in [1.54, 1.807) is 0 Å². The maximum Gasteiger partial charge on any atom is 0.326 e. The Morgan fingerprint density at radius 3 is 2.25 bits per heavy atom. The van der Waals surface area contributed by atoms with E-state index in [9.17, 15) is 14.7 Å². The van der Waals surface area contributed by atoms with Crippen molar-refractivity contribution < 1.29 is 14.7 Å². The summed E-state index contributed by atoms with van der Waals surface area (Å²) < 4.78 is 0. The molecule has 116 valence electrons. The summed E-state index contributed by atoms with van der Waals surface area (Å²) in [5, 5.41) is 14.7. The molecule has 20 heavy (non-hydrogen) atoms. The van der Waals surface area contributed by atoms with E-state index in [2.05, 4.69) is 31.4 Å². The van der Waals surface area contributed by atoms with E-state index in [-0.39, 0.29) is 11.9 Å². The summed E-state index contributed by atoms with van der Waals surface area (Å²) in [6, 6.07) is -1.12. The Morgan fingerprint density at radius 2 is 1.75 bits per heavy atom. The normalized spacial score (nSPS) is 19.4. The maximum absolute atomic E-state index is 11.8. The van der Waals surface area contributed by atoms with Crippen LogP contribution < -0.4 is 10.6 Å². The number of amides is 2. The Morgan fingerprint density at radius 1 is 1.15 bits per heavy atom. The Bertz CT molecular complexity index is 325. The van der Waals surface area contributed by atoms with Crippen LogP contribution in [0.25, 0.3) is 0 Å². The molecule has 2 atom stereocenters. The number of hydrogen-bond donors (Lipinski definition) is 3. The topological polar surface area (TPSA) is 78.4 Å². The highest BCUT2D eigenvalue weighted by molar-refractivity contribution is 5.82. The van der Waals surface area contributed by atoms with Gasteiger partial charge in [0.25, 0.3) is 0 Å². The predicted octanol–water partition coefficient (Wildman–Crippen LogP) is 2.61. The quantitative estimate of drug-likeness (QED) is 0.701. The number of carbonyl (C=O) groups is 2. The van der Waals surface area contributed by atoms with Crippen LogP contribution in [0.15, 0.2) is 0 Å². The van der Waals surface area contributed by atoms with Crippen molar-refractivity contribution >= 4 is 12.0 Å². The van der Waals surface area contributed by atoms with Gasteiger partial charge in [0.15, 0.2) is 0 Å². The zero-order valence-corrected chi connectivity index (χ0v) is 12.8. The SMILES string of the molecule is CC(C)C(C)CNC(=O)NC(C(=O)O)C1CCCCC1. The molecular formula is C15H28N2O3. The van der Waals surface area contributed by atoms with Gasteiger partial charge in [-0.15, -0.1) is 0 Å². The zero-order chi connectivity index (χ0) is 15.1. The lowest BCUT2D eigenvalue weighted by Crippen LogP contribution is -2.50. The number of hydrogen-bond acceptors (Lipinski definition) is 2. The lowest BCUT2D eigenvalue weighted by Gasteiger charge is -2.28. The molecule has 0 heterocycles. The third-order valence-corrected chi connectivity index (χ3v) is 4.40. The van der Waals surface area contributed by atoms with E-state index in [0.29, 0.717) is 18.4 Å².